The monoisotopic (exact) mass is 241 g/mol. The molecule has 17 heavy (non-hydrogen) atoms. The summed E-state index contributed by atoms with van der Waals surface area (Å²) < 4.78 is 0. The standard InChI is InChI=1S/C12H19NO4/c1-5-12(9(16)17)6-11(7-13-12,8(14)15)10(2,3)4/h7H,5-6H2,1-4H3,(H,14,15)(H,16,17). The molecule has 0 saturated heterocycles. The molecule has 2 atom stereocenters. The molecule has 0 aromatic rings. The number of carbonyl (C=O) groups is 2. The number of hydrogen-bond donors (Lipinski definition) is 2. The average Bonchev–Trinajstić information content (AvgIpc) is 2.58. The lowest BCUT2D eigenvalue weighted by Gasteiger charge is -2.37. The summed E-state index contributed by atoms with van der Waals surface area (Å²) in [7, 11) is 0. The van der Waals surface area contributed by atoms with Gasteiger partial charge in [-0.25, -0.2) is 4.79 Å². The fraction of sp³-hybridized carbons (Fsp3) is 0.750. The van der Waals surface area contributed by atoms with Gasteiger partial charge < -0.3 is 10.2 Å². The lowest BCUT2D eigenvalue weighted by atomic mass is 9.63. The van der Waals surface area contributed by atoms with Crippen LogP contribution < -0.4 is 0 Å². The third-order valence-corrected chi connectivity index (χ3v) is 3.81. The molecule has 0 aliphatic carbocycles. The number of rotatable bonds is 3. The predicted molar refractivity (Wildman–Crippen MR) is 63.3 cm³/mol. The number of aliphatic imine (C=N–C) groups is 1. The van der Waals surface area contributed by atoms with Gasteiger partial charge in [-0.15, -0.1) is 0 Å². The van der Waals surface area contributed by atoms with Gasteiger partial charge in [0.15, 0.2) is 5.54 Å². The number of carboxylic acids is 2. The van der Waals surface area contributed by atoms with E-state index in [-0.39, 0.29) is 6.42 Å². The highest BCUT2D eigenvalue weighted by Crippen LogP contribution is 2.49. The maximum atomic E-state index is 11.5. The van der Waals surface area contributed by atoms with E-state index in [9.17, 15) is 19.8 Å². The third-order valence-electron chi connectivity index (χ3n) is 3.81. The number of hydrogen-bond acceptors (Lipinski definition) is 3. The van der Waals surface area contributed by atoms with Crippen molar-refractivity contribution >= 4 is 18.2 Å². The maximum absolute atomic E-state index is 11.5. The van der Waals surface area contributed by atoms with Crippen molar-refractivity contribution in [1.82, 2.24) is 0 Å². The van der Waals surface area contributed by atoms with Crippen LogP contribution >= 0.6 is 0 Å². The second kappa shape index (κ2) is 3.82. The lowest BCUT2D eigenvalue weighted by Crippen LogP contribution is -2.47. The van der Waals surface area contributed by atoms with Crippen LogP contribution in [0.25, 0.3) is 0 Å². The molecule has 0 bridgehead atoms. The smallest absolute Gasteiger partial charge is 0.331 e. The van der Waals surface area contributed by atoms with Crippen molar-refractivity contribution < 1.29 is 19.8 Å². The van der Waals surface area contributed by atoms with Crippen LogP contribution in [0.2, 0.25) is 0 Å². The summed E-state index contributed by atoms with van der Waals surface area (Å²) in [6, 6.07) is 0. The van der Waals surface area contributed by atoms with Crippen LogP contribution in [0.1, 0.15) is 40.5 Å². The van der Waals surface area contributed by atoms with Crippen LogP contribution in [-0.4, -0.2) is 33.9 Å². The fourth-order valence-corrected chi connectivity index (χ4v) is 2.20. The van der Waals surface area contributed by atoms with E-state index < -0.39 is 28.3 Å². The van der Waals surface area contributed by atoms with Crippen molar-refractivity contribution in [2.75, 3.05) is 0 Å². The Labute approximate surface area is 101 Å². The van der Waals surface area contributed by atoms with Gasteiger partial charge in [-0.2, -0.15) is 0 Å². The normalized spacial score (nSPS) is 32.7. The maximum Gasteiger partial charge on any atom is 0.331 e. The van der Waals surface area contributed by atoms with Gasteiger partial charge in [0, 0.05) is 12.6 Å². The molecule has 0 fully saturated rings. The Morgan fingerprint density at radius 3 is 2.00 bits per heavy atom. The van der Waals surface area contributed by atoms with Gasteiger partial charge in [0.05, 0.1) is 0 Å². The van der Waals surface area contributed by atoms with Crippen molar-refractivity contribution in [3.63, 3.8) is 0 Å². The summed E-state index contributed by atoms with van der Waals surface area (Å²) in [5.74, 6) is -2.06. The van der Waals surface area contributed by atoms with Gasteiger partial charge in [0.25, 0.3) is 0 Å². The highest BCUT2D eigenvalue weighted by Gasteiger charge is 2.58. The molecule has 0 aromatic carbocycles. The molecule has 0 radical (unpaired) electrons. The van der Waals surface area contributed by atoms with Crippen LogP contribution in [0.5, 0.6) is 0 Å². The van der Waals surface area contributed by atoms with Crippen molar-refractivity contribution in [2.24, 2.45) is 15.8 Å². The van der Waals surface area contributed by atoms with Crippen LogP contribution in [0.15, 0.2) is 4.99 Å². The number of nitrogens with zero attached hydrogens (tertiary/aromatic N) is 1. The highest BCUT2D eigenvalue weighted by atomic mass is 16.4. The first kappa shape index (κ1) is 13.7. The zero-order chi connectivity index (χ0) is 13.5. The largest absolute Gasteiger partial charge is 0.481 e. The SMILES string of the molecule is CCC1(C(=O)O)CC(C(=O)O)(C(C)(C)C)C=N1. The van der Waals surface area contributed by atoms with Gasteiger partial charge >= 0.3 is 11.9 Å². The van der Waals surface area contributed by atoms with E-state index in [1.807, 2.05) is 0 Å². The molecule has 0 amide bonds. The van der Waals surface area contributed by atoms with Crippen molar-refractivity contribution in [1.29, 1.82) is 0 Å². The molecule has 1 aliphatic heterocycles. The molecular weight excluding hydrogens is 222 g/mol. The molecule has 0 saturated carbocycles. The molecule has 1 rings (SSSR count). The third kappa shape index (κ3) is 1.83. The summed E-state index contributed by atoms with van der Waals surface area (Å²) >= 11 is 0. The van der Waals surface area contributed by atoms with E-state index in [4.69, 9.17) is 0 Å². The molecule has 0 aromatic heterocycles. The first-order valence-corrected chi connectivity index (χ1v) is 5.64. The molecule has 2 unspecified atom stereocenters. The number of aliphatic carboxylic acids is 2. The quantitative estimate of drug-likeness (QED) is 0.788. The van der Waals surface area contributed by atoms with E-state index in [2.05, 4.69) is 4.99 Å². The van der Waals surface area contributed by atoms with Gasteiger partial charge in [0.1, 0.15) is 5.41 Å². The van der Waals surface area contributed by atoms with E-state index in [0.717, 1.165) is 0 Å². The molecule has 0 spiro atoms. The summed E-state index contributed by atoms with van der Waals surface area (Å²) in [5, 5.41) is 18.7. The van der Waals surface area contributed by atoms with Crippen LogP contribution in [0.4, 0.5) is 0 Å². The minimum Gasteiger partial charge on any atom is -0.481 e. The highest BCUT2D eigenvalue weighted by molar-refractivity contribution is 6.00. The molecule has 2 N–H and O–H groups in total. The van der Waals surface area contributed by atoms with Crippen molar-refractivity contribution in [3.05, 3.63) is 0 Å². The Hall–Kier alpha value is -1.39. The zero-order valence-corrected chi connectivity index (χ0v) is 10.6. The van der Waals surface area contributed by atoms with Crippen LogP contribution in [-0.2, 0) is 9.59 Å². The molecule has 5 heteroatoms. The minimum atomic E-state index is -1.29. The Morgan fingerprint density at radius 2 is 1.82 bits per heavy atom. The topological polar surface area (TPSA) is 87.0 Å². The van der Waals surface area contributed by atoms with E-state index in [0.29, 0.717) is 6.42 Å². The van der Waals surface area contributed by atoms with Gasteiger partial charge in [0.2, 0.25) is 0 Å². The van der Waals surface area contributed by atoms with E-state index in [1.165, 1.54) is 6.21 Å². The van der Waals surface area contributed by atoms with Crippen molar-refractivity contribution in [3.8, 4) is 0 Å². The van der Waals surface area contributed by atoms with E-state index in [1.54, 1.807) is 27.7 Å². The predicted octanol–water partition coefficient (Wildman–Crippen LogP) is 1.81. The Bertz CT molecular complexity index is 382. The second-order valence-corrected chi connectivity index (χ2v) is 5.65. The molecule has 1 aliphatic rings. The first-order valence-electron chi connectivity index (χ1n) is 5.64. The minimum absolute atomic E-state index is 0.0185. The average molecular weight is 241 g/mol. The van der Waals surface area contributed by atoms with Crippen LogP contribution in [0.3, 0.4) is 0 Å². The van der Waals surface area contributed by atoms with Gasteiger partial charge in [-0.1, -0.05) is 27.7 Å². The van der Waals surface area contributed by atoms with Gasteiger partial charge in [-0.3, -0.25) is 9.79 Å². The van der Waals surface area contributed by atoms with Gasteiger partial charge in [-0.05, 0) is 11.8 Å². The Morgan fingerprint density at radius 1 is 1.29 bits per heavy atom. The fourth-order valence-electron chi connectivity index (χ4n) is 2.20. The van der Waals surface area contributed by atoms with Crippen molar-refractivity contribution in [2.45, 2.75) is 46.1 Å². The second-order valence-electron chi connectivity index (χ2n) is 5.65. The summed E-state index contributed by atoms with van der Waals surface area (Å²) in [5.41, 5.74) is -3.07. The molecule has 1 heterocycles. The first-order chi connectivity index (χ1) is 7.61. The summed E-state index contributed by atoms with van der Waals surface area (Å²) in [6.45, 7) is 7.09. The molecular formula is C12H19NO4. The summed E-state index contributed by atoms with van der Waals surface area (Å²) in [4.78, 5) is 26.8. The zero-order valence-electron chi connectivity index (χ0n) is 10.6. The molecule has 96 valence electrons. The Kier molecular flexibility index (Phi) is 3.07. The summed E-state index contributed by atoms with van der Waals surface area (Å²) in [6.07, 6.45) is 1.64. The molecule has 5 nitrogen and oxygen atoms in total. The Balaban J connectivity index is 3.25. The number of carboxylic acid groups (broad SMARTS) is 2. The van der Waals surface area contributed by atoms with Crippen LogP contribution in [0, 0.1) is 10.8 Å². The lowest BCUT2D eigenvalue weighted by molar-refractivity contribution is -0.152. The van der Waals surface area contributed by atoms with E-state index >= 15 is 0 Å².